The average Bonchev–Trinajstić information content (AvgIpc) is 2.59. The summed E-state index contributed by atoms with van der Waals surface area (Å²) in [5.74, 6) is 0.158. The third-order valence-corrected chi connectivity index (χ3v) is 4.06. The van der Waals surface area contributed by atoms with Crippen LogP contribution in [0, 0.1) is 0 Å². The van der Waals surface area contributed by atoms with E-state index in [2.05, 4.69) is 18.3 Å². The monoisotopic (exact) mass is 237 g/mol. The van der Waals surface area contributed by atoms with Crippen molar-refractivity contribution in [2.45, 2.75) is 19.4 Å². The van der Waals surface area contributed by atoms with E-state index in [9.17, 15) is 8.42 Å². The van der Waals surface area contributed by atoms with E-state index in [1.54, 1.807) is 6.08 Å². The summed E-state index contributed by atoms with van der Waals surface area (Å²) in [5, 5.41) is 4.54. The summed E-state index contributed by atoms with van der Waals surface area (Å²) in [6, 6.07) is 7.88. The second-order valence-corrected chi connectivity index (χ2v) is 5.85. The van der Waals surface area contributed by atoms with Crippen LogP contribution in [-0.2, 0) is 16.3 Å². The van der Waals surface area contributed by atoms with Gasteiger partial charge in [0.25, 0.3) is 0 Å². The van der Waals surface area contributed by atoms with Gasteiger partial charge in [-0.25, -0.2) is 8.42 Å². The van der Waals surface area contributed by atoms with Gasteiger partial charge in [0.2, 0.25) is 0 Å². The maximum atomic E-state index is 11.3. The summed E-state index contributed by atoms with van der Waals surface area (Å²) in [5.41, 5.74) is 2.23. The van der Waals surface area contributed by atoms with Gasteiger partial charge in [-0.3, -0.25) is 0 Å². The van der Waals surface area contributed by atoms with Crippen LogP contribution >= 0.6 is 0 Å². The van der Waals surface area contributed by atoms with Gasteiger partial charge in [-0.1, -0.05) is 31.2 Å². The number of hydrogen-bond acceptors (Lipinski definition) is 3. The second kappa shape index (κ2) is 4.29. The Bertz CT molecular complexity index is 506. The van der Waals surface area contributed by atoms with Gasteiger partial charge in [-0.2, -0.15) is 0 Å². The first-order valence-electron chi connectivity index (χ1n) is 5.36. The fraction of sp³-hybridized carbons (Fsp3) is 0.333. The van der Waals surface area contributed by atoms with E-state index in [4.69, 9.17) is 0 Å². The summed E-state index contributed by atoms with van der Waals surface area (Å²) in [4.78, 5) is 0. The maximum absolute atomic E-state index is 11.3. The van der Waals surface area contributed by atoms with Crippen LogP contribution in [0.15, 0.2) is 35.7 Å². The Balaban J connectivity index is 2.14. The molecule has 3 nitrogen and oxygen atoms in total. The van der Waals surface area contributed by atoms with Crippen molar-refractivity contribution in [1.82, 2.24) is 0 Å². The zero-order valence-electron chi connectivity index (χ0n) is 9.18. The van der Waals surface area contributed by atoms with Crippen molar-refractivity contribution in [1.29, 1.82) is 0 Å². The molecule has 1 aromatic rings. The zero-order chi connectivity index (χ0) is 11.6. The SMILES string of the molecule is CCc1ccccc1N[C@H]1C=CS(=O)(=O)C1. The second-order valence-electron chi connectivity index (χ2n) is 3.92. The lowest BCUT2D eigenvalue weighted by Crippen LogP contribution is -2.21. The molecule has 0 saturated heterocycles. The highest BCUT2D eigenvalue weighted by molar-refractivity contribution is 7.94. The standard InChI is InChI=1S/C12H15NO2S/c1-2-10-5-3-4-6-12(10)13-11-7-8-16(14,15)9-11/h3-8,11,13H,2,9H2,1H3/t11-/m0/s1. The first-order chi connectivity index (χ1) is 7.61. The number of rotatable bonds is 3. The number of sulfone groups is 1. The molecule has 86 valence electrons. The first kappa shape index (κ1) is 11.2. The molecule has 1 atom stereocenters. The highest BCUT2D eigenvalue weighted by Gasteiger charge is 2.21. The molecular formula is C12H15NO2S. The molecular weight excluding hydrogens is 222 g/mol. The molecule has 0 spiro atoms. The molecule has 1 aromatic carbocycles. The molecule has 1 N–H and O–H groups in total. The van der Waals surface area contributed by atoms with Crippen LogP contribution in [0.3, 0.4) is 0 Å². The lowest BCUT2D eigenvalue weighted by Gasteiger charge is -2.14. The number of hydrogen-bond donors (Lipinski definition) is 1. The molecule has 2 rings (SSSR count). The fourth-order valence-electron chi connectivity index (χ4n) is 1.83. The van der Waals surface area contributed by atoms with Gasteiger partial charge >= 0.3 is 0 Å². The minimum Gasteiger partial charge on any atom is -0.378 e. The van der Waals surface area contributed by atoms with Crippen LogP contribution in [0.5, 0.6) is 0 Å². The molecule has 0 amide bonds. The van der Waals surface area contributed by atoms with E-state index in [-0.39, 0.29) is 11.8 Å². The lowest BCUT2D eigenvalue weighted by molar-refractivity contribution is 0.605. The van der Waals surface area contributed by atoms with Crippen molar-refractivity contribution >= 4 is 15.5 Å². The van der Waals surface area contributed by atoms with Crippen molar-refractivity contribution in [3.8, 4) is 0 Å². The predicted molar refractivity (Wildman–Crippen MR) is 66.2 cm³/mol. The summed E-state index contributed by atoms with van der Waals surface area (Å²) < 4.78 is 22.5. The van der Waals surface area contributed by atoms with E-state index in [1.807, 2.05) is 18.2 Å². The molecule has 0 fully saturated rings. The van der Waals surface area contributed by atoms with E-state index < -0.39 is 9.84 Å². The molecule has 0 saturated carbocycles. The van der Waals surface area contributed by atoms with Crippen molar-refractivity contribution < 1.29 is 8.42 Å². The molecule has 0 aliphatic carbocycles. The predicted octanol–water partition coefficient (Wildman–Crippen LogP) is 1.97. The maximum Gasteiger partial charge on any atom is 0.173 e. The smallest absolute Gasteiger partial charge is 0.173 e. The molecule has 1 heterocycles. The fourth-order valence-corrected chi connectivity index (χ4v) is 3.07. The van der Waals surface area contributed by atoms with Crippen LogP contribution in [0.1, 0.15) is 12.5 Å². The van der Waals surface area contributed by atoms with Crippen molar-refractivity contribution in [2.75, 3.05) is 11.1 Å². The number of nitrogens with one attached hydrogen (secondary N) is 1. The third kappa shape index (κ3) is 2.44. The first-order valence-corrected chi connectivity index (χ1v) is 7.07. The van der Waals surface area contributed by atoms with E-state index in [1.165, 1.54) is 11.0 Å². The number of aryl methyl sites for hydroxylation is 1. The van der Waals surface area contributed by atoms with Gasteiger partial charge in [-0.05, 0) is 18.1 Å². The highest BCUT2D eigenvalue weighted by atomic mass is 32.2. The molecule has 16 heavy (non-hydrogen) atoms. The topological polar surface area (TPSA) is 46.2 Å². The van der Waals surface area contributed by atoms with Gasteiger partial charge in [0.05, 0.1) is 11.8 Å². The molecule has 1 aliphatic rings. The molecule has 0 unspecified atom stereocenters. The largest absolute Gasteiger partial charge is 0.378 e. The molecule has 1 aliphatic heterocycles. The summed E-state index contributed by atoms with van der Waals surface area (Å²) in [6.07, 6.45) is 2.65. The Morgan fingerprint density at radius 2 is 2.12 bits per heavy atom. The number of benzene rings is 1. The number of anilines is 1. The van der Waals surface area contributed by atoms with Crippen LogP contribution in [0.25, 0.3) is 0 Å². The Kier molecular flexibility index (Phi) is 3.01. The van der Waals surface area contributed by atoms with Gasteiger partial charge < -0.3 is 5.32 Å². The van der Waals surface area contributed by atoms with Gasteiger partial charge in [0.1, 0.15) is 0 Å². The molecule has 4 heteroatoms. The van der Waals surface area contributed by atoms with Gasteiger partial charge in [0, 0.05) is 11.1 Å². The van der Waals surface area contributed by atoms with Crippen molar-refractivity contribution in [2.24, 2.45) is 0 Å². The molecule has 0 bridgehead atoms. The average molecular weight is 237 g/mol. The van der Waals surface area contributed by atoms with E-state index in [0.29, 0.717) is 0 Å². The van der Waals surface area contributed by atoms with E-state index >= 15 is 0 Å². The Labute approximate surface area is 96.1 Å². The van der Waals surface area contributed by atoms with Gasteiger partial charge in [-0.15, -0.1) is 0 Å². The van der Waals surface area contributed by atoms with Crippen LogP contribution < -0.4 is 5.32 Å². The summed E-state index contributed by atoms with van der Waals surface area (Å²) in [7, 11) is -2.98. The van der Waals surface area contributed by atoms with Crippen LogP contribution in [0.4, 0.5) is 5.69 Å². The van der Waals surface area contributed by atoms with E-state index in [0.717, 1.165) is 12.1 Å². The van der Waals surface area contributed by atoms with Crippen molar-refractivity contribution in [3.63, 3.8) is 0 Å². The number of para-hydroxylation sites is 1. The van der Waals surface area contributed by atoms with Crippen molar-refractivity contribution in [3.05, 3.63) is 41.3 Å². The third-order valence-electron chi connectivity index (χ3n) is 2.67. The zero-order valence-corrected chi connectivity index (χ0v) is 10.00. The summed E-state index contributed by atoms with van der Waals surface area (Å²) >= 11 is 0. The lowest BCUT2D eigenvalue weighted by atomic mass is 10.1. The minimum atomic E-state index is -2.98. The highest BCUT2D eigenvalue weighted by Crippen LogP contribution is 2.19. The minimum absolute atomic E-state index is 0.0994. The van der Waals surface area contributed by atoms with Crippen LogP contribution in [0.2, 0.25) is 0 Å². The normalized spacial score (nSPS) is 22.2. The Morgan fingerprint density at radius 1 is 1.38 bits per heavy atom. The molecule has 0 radical (unpaired) electrons. The quantitative estimate of drug-likeness (QED) is 0.874. The van der Waals surface area contributed by atoms with Crippen LogP contribution in [-0.4, -0.2) is 20.2 Å². The Hall–Kier alpha value is -1.29. The molecule has 0 aromatic heterocycles. The summed E-state index contributed by atoms with van der Waals surface area (Å²) in [6.45, 7) is 2.09. The Morgan fingerprint density at radius 3 is 2.75 bits per heavy atom. The van der Waals surface area contributed by atoms with Gasteiger partial charge in [0.15, 0.2) is 9.84 Å².